The van der Waals surface area contributed by atoms with Gasteiger partial charge in [-0.1, -0.05) is 42.0 Å². The van der Waals surface area contributed by atoms with E-state index in [0.717, 1.165) is 0 Å². The second kappa shape index (κ2) is 5.86. The van der Waals surface area contributed by atoms with Gasteiger partial charge in [0.05, 0.1) is 0 Å². The molecule has 0 N–H and O–H groups in total. The zero-order valence-electron chi connectivity index (χ0n) is 11.6. The number of rotatable bonds is 3. The Morgan fingerprint density at radius 3 is 2.10 bits per heavy atom. The minimum atomic E-state index is 1.29. The first-order valence-corrected chi connectivity index (χ1v) is 8.67. The summed E-state index contributed by atoms with van der Waals surface area (Å²) >= 11 is 3.59. The van der Waals surface area contributed by atoms with Crippen LogP contribution in [0.1, 0.15) is 5.56 Å². The standard InChI is InChI=1S/C18H16S2/c1-13-3-5-15(6-4-13)18-17(11-12-20-18)14-7-9-16(19-2)10-8-14/h3-12H,1-2H3. The number of thioether (sulfide) groups is 1. The van der Waals surface area contributed by atoms with E-state index < -0.39 is 0 Å². The zero-order chi connectivity index (χ0) is 13.9. The normalized spacial score (nSPS) is 10.7. The van der Waals surface area contributed by atoms with Crippen LogP contribution in [-0.4, -0.2) is 6.26 Å². The molecule has 1 heterocycles. The molecule has 0 amide bonds. The van der Waals surface area contributed by atoms with E-state index in [9.17, 15) is 0 Å². The zero-order valence-corrected chi connectivity index (χ0v) is 13.2. The number of thiophene rings is 1. The Morgan fingerprint density at radius 2 is 1.45 bits per heavy atom. The Labute approximate surface area is 128 Å². The highest BCUT2D eigenvalue weighted by atomic mass is 32.2. The minimum absolute atomic E-state index is 1.29. The molecule has 0 bridgehead atoms. The van der Waals surface area contributed by atoms with Gasteiger partial charge in [0.2, 0.25) is 0 Å². The summed E-state index contributed by atoms with van der Waals surface area (Å²) in [7, 11) is 0. The van der Waals surface area contributed by atoms with Gasteiger partial charge in [0.1, 0.15) is 0 Å². The Bertz CT molecular complexity index is 691. The van der Waals surface area contributed by atoms with Gasteiger partial charge >= 0.3 is 0 Å². The third-order valence-electron chi connectivity index (χ3n) is 3.38. The van der Waals surface area contributed by atoms with Crippen LogP contribution in [0, 0.1) is 6.92 Å². The van der Waals surface area contributed by atoms with Gasteiger partial charge < -0.3 is 0 Å². The summed E-state index contributed by atoms with van der Waals surface area (Å²) in [6.07, 6.45) is 2.11. The molecule has 100 valence electrons. The highest BCUT2D eigenvalue weighted by Crippen LogP contribution is 2.37. The number of aryl methyl sites for hydroxylation is 1. The van der Waals surface area contributed by atoms with E-state index in [4.69, 9.17) is 0 Å². The first kappa shape index (κ1) is 13.5. The smallest absolute Gasteiger partial charge is 0.0421 e. The van der Waals surface area contributed by atoms with E-state index >= 15 is 0 Å². The summed E-state index contributed by atoms with van der Waals surface area (Å²) in [4.78, 5) is 2.66. The van der Waals surface area contributed by atoms with E-state index in [2.05, 4.69) is 73.2 Å². The highest BCUT2D eigenvalue weighted by Gasteiger charge is 2.08. The van der Waals surface area contributed by atoms with E-state index in [1.807, 2.05) is 11.3 Å². The fraction of sp³-hybridized carbons (Fsp3) is 0.111. The monoisotopic (exact) mass is 296 g/mol. The lowest BCUT2D eigenvalue weighted by Crippen LogP contribution is -1.80. The molecule has 2 aromatic carbocycles. The third-order valence-corrected chi connectivity index (χ3v) is 5.09. The van der Waals surface area contributed by atoms with Crippen LogP contribution in [0.3, 0.4) is 0 Å². The molecule has 0 saturated heterocycles. The van der Waals surface area contributed by atoms with Crippen LogP contribution in [0.2, 0.25) is 0 Å². The fourth-order valence-electron chi connectivity index (χ4n) is 2.24. The summed E-state index contributed by atoms with van der Waals surface area (Å²) in [6, 6.07) is 19.8. The van der Waals surface area contributed by atoms with Crippen LogP contribution in [0.25, 0.3) is 21.6 Å². The van der Waals surface area contributed by atoms with Gasteiger partial charge in [-0.05, 0) is 47.9 Å². The van der Waals surface area contributed by atoms with Crippen LogP contribution in [-0.2, 0) is 0 Å². The van der Waals surface area contributed by atoms with Crippen molar-refractivity contribution in [3.63, 3.8) is 0 Å². The number of benzene rings is 2. The van der Waals surface area contributed by atoms with E-state index in [1.165, 1.54) is 32.0 Å². The maximum atomic E-state index is 2.22. The van der Waals surface area contributed by atoms with Crippen molar-refractivity contribution in [1.82, 2.24) is 0 Å². The molecule has 3 aromatic rings. The molecule has 0 atom stereocenters. The lowest BCUT2D eigenvalue weighted by Gasteiger charge is -2.06. The molecule has 0 aliphatic rings. The van der Waals surface area contributed by atoms with Crippen LogP contribution < -0.4 is 0 Å². The average Bonchev–Trinajstić information content (AvgIpc) is 2.97. The predicted octanol–water partition coefficient (Wildman–Crippen LogP) is 6.11. The maximum Gasteiger partial charge on any atom is 0.0421 e. The molecular formula is C18H16S2. The lowest BCUT2D eigenvalue weighted by molar-refractivity contribution is 1.46. The van der Waals surface area contributed by atoms with Gasteiger partial charge in [-0.3, -0.25) is 0 Å². The molecule has 0 aliphatic carbocycles. The molecular weight excluding hydrogens is 280 g/mol. The van der Waals surface area contributed by atoms with Crippen LogP contribution in [0.4, 0.5) is 0 Å². The summed E-state index contributed by atoms with van der Waals surface area (Å²) < 4.78 is 0. The predicted molar refractivity (Wildman–Crippen MR) is 91.7 cm³/mol. The Kier molecular flexibility index (Phi) is 3.95. The van der Waals surface area contributed by atoms with Gasteiger partial charge in [0, 0.05) is 15.3 Å². The van der Waals surface area contributed by atoms with Gasteiger partial charge in [0.15, 0.2) is 0 Å². The van der Waals surface area contributed by atoms with Crippen LogP contribution in [0.15, 0.2) is 64.9 Å². The quantitative estimate of drug-likeness (QED) is 0.525. The second-order valence-corrected chi connectivity index (χ2v) is 6.55. The van der Waals surface area contributed by atoms with Crippen molar-refractivity contribution in [3.05, 3.63) is 65.5 Å². The van der Waals surface area contributed by atoms with E-state index in [-0.39, 0.29) is 0 Å². The summed E-state index contributed by atoms with van der Waals surface area (Å²) in [5, 5.41) is 2.17. The first-order chi connectivity index (χ1) is 9.78. The molecule has 3 rings (SSSR count). The SMILES string of the molecule is CSc1ccc(-c2ccsc2-c2ccc(C)cc2)cc1. The molecule has 0 unspecified atom stereocenters. The Hall–Kier alpha value is -1.51. The summed E-state index contributed by atoms with van der Waals surface area (Å²) in [5.41, 5.74) is 5.22. The summed E-state index contributed by atoms with van der Waals surface area (Å²) in [6.45, 7) is 2.13. The highest BCUT2D eigenvalue weighted by molar-refractivity contribution is 7.98. The van der Waals surface area contributed by atoms with Gasteiger partial charge in [-0.15, -0.1) is 23.1 Å². The molecule has 0 aliphatic heterocycles. The van der Waals surface area contributed by atoms with Crippen LogP contribution in [0.5, 0.6) is 0 Å². The van der Waals surface area contributed by atoms with Crippen molar-refractivity contribution in [3.8, 4) is 21.6 Å². The molecule has 0 saturated carbocycles. The first-order valence-electron chi connectivity index (χ1n) is 6.57. The van der Waals surface area contributed by atoms with Crippen molar-refractivity contribution in [2.75, 3.05) is 6.26 Å². The third kappa shape index (κ3) is 2.67. The fourth-order valence-corrected chi connectivity index (χ4v) is 3.57. The molecule has 0 spiro atoms. The van der Waals surface area contributed by atoms with Crippen molar-refractivity contribution in [2.45, 2.75) is 11.8 Å². The molecule has 0 fully saturated rings. The molecule has 0 radical (unpaired) electrons. The summed E-state index contributed by atoms with van der Waals surface area (Å²) in [5.74, 6) is 0. The largest absolute Gasteiger partial charge is 0.143 e. The Balaban J connectivity index is 2.02. The average molecular weight is 296 g/mol. The van der Waals surface area contributed by atoms with Crippen molar-refractivity contribution < 1.29 is 0 Å². The maximum absolute atomic E-state index is 2.22. The lowest BCUT2D eigenvalue weighted by atomic mass is 10.0. The second-order valence-electron chi connectivity index (χ2n) is 4.76. The van der Waals surface area contributed by atoms with Crippen molar-refractivity contribution >= 4 is 23.1 Å². The molecule has 0 nitrogen and oxygen atoms in total. The molecule has 1 aromatic heterocycles. The van der Waals surface area contributed by atoms with Gasteiger partial charge in [-0.25, -0.2) is 0 Å². The van der Waals surface area contributed by atoms with E-state index in [0.29, 0.717) is 0 Å². The Morgan fingerprint density at radius 1 is 0.800 bits per heavy atom. The van der Waals surface area contributed by atoms with E-state index in [1.54, 1.807) is 11.8 Å². The minimum Gasteiger partial charge on any atom is -0.143 e. The molecule has 2 heteroatoms. The van der Waals surface area contributed by atoms with Crippen LogP contribution >= 0.6 is 23.1 Å². The number of hydrogen-bond acceptors (Lipinski definition) is 2. The number of hydrogen-bond donors (Lipinski definition) is 0. The van der Waals surface area contributed by atoms with Gasteiger partial charge in [0.25, 0.3) is 0 Å². The van der Waals surface area contributed by atoms with Crippen molar-refractivity contribution in [2.24, 2.45) is 0 Å². The van der Waals surface area contributed by atoms with Crippen molar-refractivity contribution in [1.29, 1.82) is 0 Å². The topological polar surface area (TPSA) is 0 Å². The molecule has 20 heavy (non-hydrogen) atoms. The van der Waals surface area contributed by atoms with Gasteiger partial charge in [-0.2, -0.15) is 0 Å².